The third-order valence-electron chi connectivity index (χ3n) is 5.12. The fourth-order valence-corrected chi connectivity index (χ4v) is 4.76. The summed E-state index contributed by atoms with van der Waals surface area (Å²) in [6, 6.07) is 22.8. The summed E-state index contributed by atoms with van der Waals surface area (Å²) in [6.07, 6.45) is -0.0890. The first-order chi connectivity index (χ1) is 15.4. The fourth-order valence-electron chi connectivity index (χ4n) is 3.76. The number of benzene rings is 3. The molecule has 0 atom stereocenters. The first-order valence-corrected chi connectivity index (χ1v) is 11.4. The Hall–Kier alpha value is -3.31. The Morgan fingerprint density at radius 3 is 2.22 bits per heavy atom. The monoisotopic (exact) mass is 443 g/mol. The van der Waals surface area contributed by atoms with E-state index < -0.39 is 0 Å². The van der Waals surface area contributed by atoms with E-state index in [1.165, 1.54) is 16.7 Å². The van der Waals surface area contributed by atoms with Crippen LogP contribution in [0.3, 0.4) is 0 Å². The molecule has 0 N–H and O–H groups in total. The second-order valence-electron chi connectivity index (χ2n) is 8.02. The number of rotatable bonds is 6. The standard InChI is InChI=1S/C27H25NO3S/c1-17(2)31-23-13-9-8-12-22(23)28-26(29)24(21-15-14-18(3)16-19(21)4)25(27(28)30)32-20-10-6-5-7-11-20/h5-17H,1-4H3. The molecule has 3 aromatic carbocycles. The van der Waals surface area contributed by atoms with E-state index in [2.05, 4.69) is 0 Å². The van der Waals surface area contributed by atoms with Crippen molar-refractivity contribution in [2.45, 2.75) is 38.7 Å². The third-order valence-corrected chi connectivity index (χ3v) is 6.22. The van der Waals surface area contributed by atoms with Crippen molar-refractivity contribution in [1.82, 2.24) is 0 Å². The van der Waals surface area contributed by atoms with Gasteiger partial charge < -0.3 is 4.74 Å². The van der Waals surface area contributed by atoms with Gasteiger partial charge in [-0.3, -0.25) is 9.59 Å². The largest absolute Gasteiger partial charge is 0.489 e. The van der Waals surface area contributed by atoms with Crippen LogP contribution in [-0.2, 0) is 9.59 Å². The molecule has 0 aromatic heterocycles. The average Bonchev–Trinajstić information content (AvgIpc) is 2.99. The number of anilines is 1. The molecule has 1 aliphatic heterocycles. The highest BCUT2D eigenvalue weighted by Crippen LogP contribution is 2.44. The molecular formula is C27H25NO3S. The number of hydrogen-bond acceptors (Lipinski definition) is 4. The zero-order chi connectivity index (χ0) is 22.8. The number of aryl methyl sites for hydroxylation is 2. The van der Waals surface area contributed by atoms with Crippen molar-refractivity contribution in [3.63, 3.8) is 0 Å². The van der Waals surface area contributed by atoms with Gasteiger partial charge in [0, 0.05) is 4.90 Å². The van der Waals surface area contributed by atoms with Crippen LogP contribution in [0.4, 0.5) is 5.69 Å². The molecule has 0 bridgehead atoms. The van der Waals surface area contributed by atoms with Crippen molar-refractivity contribution >= 4 is 34.8 Å². The van der Waals surface area contributed by atoms with E-state index in [1.807, 2.05) is 88.4 Å². The van der Waals surface area contributed by atoms with Crippen molar-refractivity contribution in [3.8, 4) is 5.75 Å². The van der Waals surface area contributed by atoms with Crippen LogP contribution in [0.25, 0.3) is 5.57 Å². The Bertz CT molecular complexity index is 1210. The first-order valence-electron chi connectivity index (χ1n) is 10.6. The van der Waals surface area contributed by atoms with E-state index in [0.717, 1.165) is 21.6 Å². The summed E-state index contributed by atoms with van der Waals surface area (Å²) in [6.45, 7) is 7.81. The number of hydrogen-bond donors (Lipinski definition) is 0. The van der Waals surface area contributed by atoms with Crippen molar-refractivity contribution in [1.29, 1.82) is 0 Å². The molecule has 1 heterocycles. The SMILES string of the molecule is Cc1ccc(C2=C(Sc3ccccc3)C(=O)N(c3ccccc3OC(C)C)C2=O)c(C)c1. The van der Waals surface area contributed by atoms with Gasteiger partial charge in [-0.2, -0.15) is 0 Å². The molecule has 0 saturated heterocycles. The van der Waals surface area contributed by atoms with Gasteiger partial charge in [-0.15, -0.1) is 0 Å². The van der Waals surface area contributed by atoms with Gasteiger partial charge >= 0.3 is 0 Å². The van der Waals surface area contributed by atoms with Gasteiger partial charge in [-0.05, 0) is 63.1 Å². The number of amides is 2. The Balaban J connectivity index is 1.86. The summed E-state index contributed by atoms with van der Waals surface area (Å²) in [5.74, 6) is -0.158. The molecule has 4 rings (SSSR count). The number of nitrogens with zero attached hydrogens (tertiary/aromatic N) is 1. The molecule has 32 heavy (non-hydrogen) atoms. The highest BCUT2D eigenvalue weighted by atomic mass is 32.2. The number of carbonyl (C=O) groups is 2. The number of ether oxygens (including phenoxy) is 1. The van der Waals surface area contributed by atoms with Crippen molar-refractivity contribution in [3.05, 3.63) is 94.4 Å². The van der Waals surface area contributed by atoms with Crippen LogP contribution in [0.1, 0.15) is 30.5 Å². The van der Waals surface area contributed by atoms with Crippen molar-refractivity contribution in [2.24, 2.45) is 0 Å². The number of carbonyl (C=O) groups excluding carboxylic acids is 2. The Morgan fingerprint density at radius 2 is 1.53 bits per heavy atom. The molecule has 0 fully saturated rings. The summed E-state index contributed by atoms with van der Waals surface area (Å²) >= 11 is 1.32. The molecule has 2 amide bonds. The van der Waals surface area contributed by atoms with Crippen LogP contribution in [0, 0.1) is 13.8 Å². The summed E-state index contributed by atoms with van der Waals surface area (Å²) in [7, 11) is 0. The number of para-hydroxylation sites is 2. The lowest BCUT2D eigenvalue weighted by atomic mass is 9.98. The molecule has 162 valence electrons. The maximum atomic E-state index is 13.8. The van der Waals surface area contributed by atoms with E-state index >= 15 is 0 Å². The number of thioether (sulfide) groups is 1. The average molecular weight is 444 g/mol. The lowest BCUT2D eigenvalue weighted by Crippen LogP contribution is -2.32. The molecule has 4 nitrogen and oxygen atoms in total. The molecule has 0 unspecified atom stereocenters. The van der Waals surface area contributed by atoms with E-state index in [1.54, 1.807) is 12.1 Å². The lowest BCUT2D eigenvalue weighted by molar-refractivity contribution is -0.119. The fraction of sp³-hybridized carbons (Fsp3) is 0.185. The second kappa shape index (κ2) is 9.05. The van der Waals surface area contributed by atoms with Crippen LogP contribution >= 0.6 is 11.8 Å². The quantitative estimate of drug-likeness (QED) is 0.428. The van der Waals surface area contributed by atoms with Crippen LogP contribution in [0.5, 0.6) is 5.75 Å². The van der Waals surface area contributed by atoms with Gasteiger partial charge in [0.2, 0.25) is 0 Å². The van der Waals surface area contributed by atoms with Crippen LogP contribution in [-0.4, -0.2) is 17.9 Å². The normalized spacial score (nSPS) is 14.0. The van der Waals surface area contributed by atoms with E-state index in [0.29, 0.717) is 21.9 Å². The number of imide groups is 1. The van der Waals surface area contributed by atoms with Crippen LogP contribution in [0.15, 0.2) is 82.6 Å². The van der Waals surface area contributed by atoms with Gasteiger partial charge in [0.15, 0.2) is 0 Å². The maximum absolute atomic E-state index is 13.8. The second-order valence-corrected chi connectivity index (χ2v) is 9.10. The third kappa shape index (κ3) is 4.21. The summed E-state index contributed by atoms with van der Waals surface area (Å²) in [5, 5.41) is 0. The molecular weight excluding hydrogens is 418 g/mol. The molecule has 0 saturated carbocycles. The van der Waals surface area contributed by atoms with Crippen LogP contribution in [0.2, 0.25) is 0 Å². The molecule has 0 spiro atoms. The van der Waals surface area contributed by atoms with E-state index in [-0.39, 0.29) is 17.9 Å². The maximum Gasteiger partial charge on any atom is 0.273 e. The van der Waals surface area contributed by atoms with Gasteiger partial charge in [-0.1, -0.05) is 65.9 Å². The zero-order valence-corrected chi connectivity index (χ0v) is 19.4. The lowest BCUT2D eigenvalue weighted by Gasteiger charge is -2.20. The predicted molar refractivity (Wildman–Crippen MR) is 130 cm³/mol. The van der Waals surface area contributed by atoms with Crippen LogP contribution < -0.4 is 9.64 Å². The van der Waals surface area contributed by atoms with E-state index in [9.17, 15) is 9.59 Å². The molecule has 0 aliphatic carbocycles. The molecule has 3 aromatic rings. The highest BCUT2D eigenvalue weighted by Gasteiger charge is 2.42. The van der Waals surface area contributed by atoms with Crippen molar-refractivity contribution in [2.75, 3.05) is 4.90 Å². The molecule has 0 radical (unpaired) electrons. The predicted octanol–water partition coefficient (Wildman–Crippen LogP) is 6.17. The minimum absolute atomic E-state index is 0.0890. The minimum atomic E-state index is -0.335. The minimum Gasteiger partial charge on any atom is -0.489 e. The van der Waals surface area contributed by atoms with Gasteiger partial charge in [0.1, 0.15) is 5.75 Å². The summed E-state index contributed by atoms with van der Waals surface area (Å²) in [5.41, 5.74) is 3.73. The van der Waals surface area contributed by atoms with Crippen molar-refractivity contribution < 1.29 is 14.3 Å². The Morgan fingerprint density at radius 1 is 0.844 bits per heavy atom. The van der Waals surface area contributed by atoms with Gasteiger partial charge in [0.05, 0.1) is 22.3 Å². The highest BCUT2D eigenvalue weighted by molar-refractivity contribution is 8.04. The topological polar surface area (TPSA) is 46.6 Å². The smallest absolute Gasteiger partial charge is 0.273 e. The van der Waals surface area contributed by atoms with E-state index in [4.69, 9.17) is 4.74 Å². The Kier molecular flexibility index (Phi) is 6.19. The van der Waals surface area contributed by atoms with Gasteiger partial charge in [0.25, 0.3) is 11.8 Å². The Labute approximate surface area is 192 Å². The first kappa shape index (κ1) is 21.9. The van der Waals surface area contributed by atoms with Gasteiger partial charge in [-0.25, -0.2) is 4.90 Å². The zero-order valence-electron chi connectivity index (χ0n) is 18.6. The summed E-state index contributed by atoms with van der Waals surface area (Å²) < 4.78 is 5.92. The molecule has 1 aliphatic rings. The molecule has 5 heteroatoms. The summed E-state index contributed by atoms with van der Waals surface area (Å²) in [4.78, 5) is 30.0.